The highest BCUT2D eigenvalue weighted by Gasteiger charge is 2.23. The first-order valence-electron chi connectivity index (χ1n) is 21.4. The smallest absolute Gasteiger partial charge is 0.143 e. The molecule has 0 atom stereocenters. The van der Waals surface area contributed by atoms with Crippen LogP contribution in [0.1, 0.15) is 12.3 Å². The molecule has 0 aliphatic rings. The summed E-state index contributed by atoms with van der Waals surface area (Å²) in [5, 5.41) is 7.97. The molecule has 1 heterocycles. The predicted molar refractivity (Wildman–Crippen MR) is 218 cm³/mol. The Balaban J connectivity index is 1.34. The average Bonchev–Trinajstić information content (AvgIpc) is 3.67. The zero-order valence-electron chi connectivity index (χ0n) is 36.0. The molecule has 10 aromatic carbocycles. The van der Waals surface area contributed by atoms with E-state index in [1.54, 1.807) is 0 Å². The number of rotatable bonds is 3. The lowest BCUT2D eigenvalue weighted by Crippen LogP contribution is -1.94. The van der Waals surface area contributed by atoms with Crippen LogP contribution in [0.5, 0.6) is 0 Å². The first kappa shape index (κ1) is 20.7. The van der Waals surface area contributed by atoms with Crippen molar-refractivity contribution in [1.29, 1.82) is 0 Å². The van der Waals surface area contributed by atoms with Crippen LogP contribution in [0.3, 0.4) is 0 Å². The van der Waals surface area contributed by atoms with Crippen molar-refractivity contribution >= 4 is 75.8 Å². The van der Waals surface area contributed by atoms with Crippen molar-refractivity contribution in [2.45, 2.75) is 0 Å². The minimum absolute atomic E-state index is 0.0463. The Bertz CT molecular complexity index is 3660. The van der Waals surface area contributed by atoms with Gasteiger partial charge in [0.25, 0.3) is 0 Å². The van der Waals surface area contributed by atoms with E-state index < -0.39 is 42.3 Å². The maximum Gasteiger partial charge on any atom is 0.143 e. The summed E-state index contributed by atoms with van der Waals surface area (Å²) in [5.41, 5.74) is 4.39. The SMILES string of the molecule is [2H]c1c([2H])c(-c2ccc3ccccc3c2-c2c3ccccc3c(-c3ccc4ccccc4c3)c3ccccc23)c2c(oc3c4c([2H])c([2H])c([2H])c([2H])c4c([2H])c([2H])c32)c1[2H]. The third-order valence-corrected chi connectivity index (χ3v) is 10.2. The molecule has 0 saturated heterocycles. The van der Waals surface area contributed by atoms with Gasteiger partial charge < -0.3 is 4.42 Å². The number of benzene rings is 10. The van der Waals surface area contributed by atoms with Gasteiger partial charge in [0.2, 0.25) is 0 Å². The van der Waals surface area contributed by atoms with Gasteiger partial charge in [-0.2, -0.15) is 0 Å². The minimum atomic E-state index is -0.536. The van der Waals surface area contributed by atoms with E-state index in [4.69, 9.17) is 14.0 Å². The molecule has 0 radical (unpaired) electrons. The van der Waals surface area contributed by atoms with E-state index in [1.807, 2.05) is 72.8 Å². The van der Waals surface area contributed by atoms with Gasteiger partial charge >= 0.3 is 0 Å². The van der Waals surface area contributed by atoms with E-state index >= 15 is 0 Å². The van der Waals surface area contributed by atoms with Crippen LogP contribution in [0.15, 0.2) is 186 Å². The molecule has 0 aliphatic carbocycles. The molecule has 1 heteroatoms. The van der Waals surface area contributed by atoms with E-state index in [0.29, 0.717) is 5.56 Å². The van der Waals surface area contributed by atoms with Gasteiger partial charge in [0.05, 0.1) is 12.3 Å². The van der Waals surface area contributed by atoms with Crippen LogP contribution in [-0.4, -0.2) is 0 Å². The molecule has 0 bridgehead atoms. The summed E-state index contributed by atoms with van der Waals surface area (Å²) in [4.78, 5) is 0. The molecule has 11 rings (SSSR count). The highest BCUT2D eigenvalue weighted by atomic mass is 16.3. The van der Waals surface area contributed by atoms with Gasteiger partial charge in [0.1, 0.15) is 11.2 Å². The summed E-state index contributed by atoms with van der Waals surface area (Å²) in [6, 6.07) is 39.4. The summed E-state index contributed by atoms with van der Waals surface area (Å²) in [6.45, 7) is 0. The quantitative estimate of drug-likeness (QED) is 0.173. The molecular formula is C50H30O. The van der Waals surface area contributed by atoms with Gasteiger partial charge in [0, 0.05) is 16.2 Å². The first-order valence-corrected chi connectivity index (χ1v) is 16.9. The fourth-order valence-corrected chi connectivity index (χ4v) is 7.97. The third kappa shape index (κ3) is 4.16. The Morgan fingerprint density at radius 1 is 0.373 bits per heavy atom. The van der Waals surface area contributed by atoms with Crippen LogP contribution in [0, 0.1) is 0 Å². The van der Waals surface area contributed by atoms with Crippen LogP contribution >= 0.6 is 0 Å². The van der Waals surface area contributed by atoms with Crippen molar-refractivity contribution in [1.82, 2.24) is 0 Å². The first-order chi connectivity index (χ1) is 29.1. The number of hydrogen-bond acceptors (Lipinski definition) is 1. The van der Waals surface area contributed by atoms with Crippen molar-refractivity contribution in [2.75, 3.05) is 0 Å². The number of hydrogen-bond donors (Lipinski definition) is 0. The monoisotopic (exact) mass is 655 g/mol. The predicted octanol–water partition coefficient (Wildman–Crippen LogP) is 14.4. The second-order valence-electron chi connectivity index (χ2n) is 12.9. The van der Waals surface area contributed by atoms with Crippen LogP contribution in [0.4, 0.5) is 0 Å². The molecular weight excluding hydrogens is 617 g/mol. The molecule has 0 fully saturated rings. The standard InChI is InChI=1S/C50H30O/c1-2-15-34-30-35(25-24-31(34)12-1)46-38-18-7-9-20-41(38)49(42-21-10-8-19-39(42)46)48-36-16-5-3-13-32(36)26-28-43(48)40-22-11-23-45-47(40)44-29-27-33-14-4-6-17-37(33)50(44)51-45/h1-30H/i4D,6D,11D,14D,17D,22D,23D,27D,29D. The van der Waals surface area contributed by atoms with Crippen molar-refractivity contribution in [2.24, 2.45) is 0 Å². The maximum absolute atomic E-state index is 9.62. The fraction of sp³-hybridized carbons (Fsp3) is 0. The Kier molecular flexibility index (Phi) is 4.43. The van der Waals surface area contributed by atoms with Crippen LogP contribution in [0.2, 0.25) is 0 Å². The normalized spacial score (nSPS) is 14.4. The lowest BCUT2D eigenvalue weighted by Gasteiger charge is -2.21. The lowest BCUT2D eigenvalue weighted by atomic mass is 9.81. The highest BCUT2D eigenvalue weighted by Crippen LogP contribution is 2.50. The molecule has 0 N–H and O–H groups in total. The molecule has 1 nitrogen and oxygen atoms in total. The maximum atomic E-state index is 9.62. The van der Waals surface area contributed by atoms with E-state index in [2.05, 4.69) is 54.6 Å². The summed E-state index contributed by atoms with van der Waals surface area (Å²) < 4.78 is 87.1. The molecule has 0 unspecified atom stereocenters. The van der Waals surface area contributed by atoms with Crippen LogP contribution in [-0.2, 0) is 0 Å². The Morgan fingerprint density at radius 3 is 1.80 bits per heavy atom. The summed E-state index contributed by atoms with van der Waals surface area (Å²) in [6.07, 6.45) is 0. The zero-order valence-corrected chi connectivity index (χ0v) is 27.0. The van der Waals surface area contributed by atoms with Gasteiger partial charge in [-0.1, -0.05) is 164 Å². The number of furan rings is 1. The van der Waals surface area contributed by atoms with Gasteiger partial charge in [-0.05, 0) is 100 Å². The summed E-state index contributed by atoms with van der Waals surface area (Å²) in [5.74, 6) is 0. The van der Waals surface area contributed by atoms with E-state index in [0.717, 1.165) is 65.3 Å². The molecule has 0 amide bonds. The van der Waals surface area contributed by atoms with Crippen LogP contribution < -0.4 is 0 Å². The van der Waals surface area contributed by atoms with Crippen molar-refractivity contribution in [3.63, 3.8) is 0 Å². The van der Waals surface area contributed by atoms with Gasteiger partial charge in [0.15, 0.2) is 0 Å². The lowest BCUT2D eigenvalue weighted by molar-refractivity contribution is 0.673. The number of fused-ring (bicyclic) bond motifs is 9. The third-order valence-electron chi connectivity index (χ3n) is 10.2. The largest absolute Gasteiger partial charge is 0.455 e. The topological polar surface area (TPSA) is 13.1 Å². The van der Waals surface area contributed by atoms with E-state index in [-0.39, 0.29) is 50.4 Å². The molecule has 0 aliphatic heterocycles. The van der Waals surface area contributed by atoms with Gasteiger partial charge in [-0.15, -0.1) is 0 Å². The molecule has 51 heavy (non-hydrogen) atoms. The second-order valence-corrected chi connectivity index (χ2v) is 12.9. The van der Waals surface area contributed by atoms with Crippen molar-refractivity contribution in [3.05, 3.63) is 182 Å². The molecule has 0 saturated carbocycles. The molecule has 11 aromatic rings. The summed E-state index contributed by atoms with van der Waals surface area (Å²) >= 11 is 0. The zero-order chi connectivity index (χ0) is 41.3. The molecule has 236 valence electrons. The minimum Gasteiger partial charge on any atom is -0.455 e. The van der Waals surface area contributed by atoms with Crippen molar-refractivity contribution < 1.29 is 16.8 Å². The van der Waals surface area contributed by atoms with Gasteiger partial charge in [-0.25, -0.2) is 0 Å². The fourth-order valence-electron chi connectivity index (χ4n) is 7.97. The average molecular weight is 656 g/mol. The Hall–Kier alpha value is -6.70. The Labute approximate surface area is 307 Å². The van der Waals surface area contributed by atoms with E-state index in [1.165, 1.54) is 0 Å². The van der Waals surface area contributed by atoms with Gasteiger partial charge in [-0.3, -0.25) is 0 Å². The second kappa shape index (κ2) is 10.9. The van der Waals surface area contributed by atoms with Crippen molar-refractivity contribution in [3.8, 4) is 33.4 Å². The van der Waals surface area contributed by atoms with E-state index in [9.17, 15) is 2.74 Å². The summed E-state index contributed by atoms with van der Waals surface area (Å²) in [7, 11) is 0. The Morgan fingerprint density at radius 2 is 1.02 bits per heavy atom. The molecule has 1 aromatic heterocycles. The van der Waals surface area contributed by atoms with Crippen LogP contribution in [0.25, 0.3) is 109 Å². The highest BCUT2D eigenvalue weighted by molar-refractivity contribution is 6.27. The molecule has 0 spiro atoms.